The smallest absolute Gasteiger partial charge is 0.160 e. The second-order valence-corrected chi connectivity index (χ2v) is 5.39. The summed E-state index contributed by atoms with van der Waals surface area (Å²) >= 11 is 3.46. The lowest BCUT2D eigenvalue weighted by atomic mass is 10.0. The Morgan fingerprint density at radius 2 is 1.88 bits per heavy atom. The van der Waals surface area contributed by atoms with Gasteiger partial charge in [-0.2, -0.15) is 0 Å². The van der Waals surface area contributed by atoms with Crippen molar-refractivity contribution in [2.75, 3.05) is 0 Å². The lowest BCUT2D eigenvalue weighted by Crippen LogP contribution is -1.95. The van der Waals surface area contributed by atoms with Crippen molar-refractivity contribution in [3.05, 3.63) is 33.8 Å². The molecule has 0 aliphatic rings. The summed E-state index contributed by atoms with van der Waals surface area (Å²) in [4.78, 5) is 11.3. The normalized spacial score (nSPS) is 10.5. The van der Waals surface area contributed by atoms with E-state index in [4.69, 9.17) is 0 Å². The van der Waals surface area contributed by atoms with Crippen molar-refractivity contribution in [1.82, 2.24) is 0 Å². The van der Waals surface area contributed by atoms with Gasteiger partial charge in [-0.05, 0) is 31.4 Å². The number of carbonyl (C=O) groups excluding carboxylic acids is 1. The largest absolute Gasteiger partial charge is 0.294 e. The van der Waals surface area contributed by atoms with Gasteiger partial charge in [0.25, 0.3) is 0 Å². The van der Waals surface area contributed by atoms with Crippen molar-refractivity contribution in [2.45, 2.75) is 52.4 Å². The Balaban J connectivity index is 2.45. The molecule has 1 nitrogen and oxygen atoms in total. The molecule has 0 saturated carbocycles. The molecule has 17 heavy (non-hydrogen) atoms. The zero-order valence-corrected chi connectivity index (χ0v) is 12.3. The fourth-order valence-corrected chi connectivity index (χ4v) is 2.64. The molecule has 0 unspecified atom stereocenters. The van der Waals surface area contributed by atoms with E-state index in [2.05, 4.69) is 35.0 Å². The summed E-state index contributed by atoms with van der Waals surface area (Å²) in [7, 11) is 0. The molecule has 1 rings (SSSR count). The summed E-state index contributed by atoms with van der Waals surface area (Å²) in [5.41, 5.74) is 2.10. The minimum Gasteiger partial charge on any atom is -0.294 e. The number of carbonyl (C=O) groups is 1. The maximum Gasteiger partial charge on any atom is 0.160 e. The quantitative estimate of drug-likeness (QED) is 0.501. The highest BCUT2D eigenvalue weighted by molar-refractivity contribution is 9.10. The molecule has 0 atom stereocenters. The van der Waals surface area contributed by atoms with E-state index < -0.39 is 0 Å². The van der Waals surface area contributed by atoms with Crippen molar-refractivity contribution in [3.8, 4) is 0 Å². The highest BCUT2D eigenvalue weighted by atomic mass is 79.9. The number of hydrogen-bond acceptors (Lipinski definition) is 1. The number of hydrogen-bond donors (Lipinski definition) is 0. The molecule has 0 fully saturated rings. The Hall–Kier alpha value is -0.630. The van der Waals surface area contributed by atoms with E-state index >= 15 is 0 Å². The molecule has 0 heterocycles. The van der Waals surface area contributed by atoms with Gasteiger partial charge in [0, 0.05) is 10.0 Å². The summed E-state index contributed by atoms with van der Waals surface area (Å²) in [6.45, 7) is 3.84. The summed E-state index contributed by atoms with van der Waals surface area (Å²) < 4.78 is 0.927. The molecule has 1 aromatic carbocycles. The van der Waals surface area contributed by atoms with Gasteiger partial charge in [0.2, 0.25) is 0 Å². The van der Waals surface area contributed by atoms with Gasteiger partial charge in [-0.3, -0.25) is 4.79 Å². The molecule has 0 aromatic heterocycles. The van der Waals surface area contributed by atoms with Gasteiger partial charge >= 0.3 is 0 Å². The highest BCUT2D eigenvalue weighted by Crippen LogP contribution is 2.20. The Morgan fingerprint density at radius 1 is 1.18 bits per heavy atom. The minimum atomic E-state index is 0.117. The van der Waals surface area contributed by atoms with E-state index in [0.29, 0.717) is 0 Å². The maximum atomic E-state index is 11.3. The van der Waals surface area contributed by atoms with Gasteiger partial charge in [0.15, 0.2) is 5.78 Å². The first kappa shape index (κ1) is 14.4. The standard InChI is InChI=1S/C15H21BrO/c1-3-4-5-6-7-8-13-9-10-14(12(2)17)15(16)11-13/h9-11H,3-8H2,1-2H3. The van der Waals surface area contributed by atoms with Crippen molar-refractivity contribution in [3.63, 3.8) is 0 Å². The molecular formula is C15H21BrO. The van der Waals surface area contributed by atoms with Crippen LogP contribution in [0.25, 0.3) is 0 Å². The van der Waals surface area contributed by atoms with Gasteiger partial charge in [-0.15, -0.1) is 0 Å². The zero-order chi connectivity index (χ0) is 12.7. The fourth-order valence-electron chi connectivity index (χ4n) is 1.93. The second kappa shape index (κ2) is 7.65. The van der Waals surface area contributed by atoms with E-state index in [1.54, 1.807) is 6.92 Å². The van der Waals surface area contributed by atoms with Crippen LogP contribution in [0.3, 0.4) is 0 Å². The van der Waals surface area contributed by atoms with Gasteiger partial charge in [0.1, 0.15) is 0 Å². The first-order chi connectivity index (χ1) is 8.15. The number of Topliss-reactive ketones (excluding diaryl/α,β-unsaturated/α-hetero) is 1. The molecule has 0 bridgehead atoms. The van der Waals surface area contributed by atoms with E-state index in [0.717, 1.165) is 16.5 Å². The number of aryl methyl sites for hydroxylation is 1. The molecule has 0 spiro atoms. The Bertz CT molecular complexity index is 371. The zero-order valence-electron chi connectivity index (χ0n) is 10.8. The fraction of sp³-hybridized carbons (Fsp3) is 0.533. The molecule has 0 aliphatic heterocycles. The van der Waals surface area contributed by atoms with Crippen LogP contribution in [0.1, 0.15) is 61.9 Å². The molecule has 0 N–H and O–H groups in total. The SMILES string of the molecule is CCCCCCCc1ccc(C(C)=O)c(Br)c1. The predicted octanol–water partition coefficient (Wildman–Crippen LogP) is 5.16. The van der Waals surface area contributed by atoms with Crippen LogP contribution in [0.2, 0.25) is 0 Å². The van der Waals surface area contributed by atoms with Gasteiger partial charge in [-0.1, -0.05) is 60.7 Å². The topological polar surface area (TPSA) is 17.1 Å². The van der Waals surface area contributed by atoms with Gasteiger partial charge < -0.3 is 0 Å². The van der Waals surface area contributed by atoms with Crippen LogP contribution in [0.5, 0.6) is 0 Å². The number of halogens is 1. The Kier molecular flexibility index (Phi) is 6.49. The third-order valence-corrected chi connectivity index (χ3v) is 3.64. The van der Waals surface area contributed by atoms with Crippen LogP contribution in [0.15, 0.2) is 22.7 Å². The molecule has 0 radical (unpaired) electrons. The third kappa shape index (κ3) is 5.03. The van der Waals surface area contributed by atoms with Crippen LogP contribution >= 0.6 is 15.9 Å². The second-order valence-electron chi connectivity index (χ2n) is 4.53. The molecule has 94 valence electrons. The Morgan fingerprint density at radius 3 is 2.47 bits per heavy atom. The van der Waals surface area contributed by atoms with Crippen molar-refractivity contribution >= 4 is 21.7 Å². The predicted molar refractivity (Wildman–Crippen MR) is 76.6 cm³/mol. The van der Waals surface area contributed by atoms with Crippen LogP contribution in [-0.4, -0.2) is 5.78 Å². The highest BCUT2D eigenvalue weighted by Gasteiger charge is 2.05. The molecular weight excluding hydrogens is 276 g/mol. The molecule has 0 amide bonds. The molecule has 0 saturated heterocycles. The van der Waals surface area contributed by atoms with E-state index in [1.165, 1.54) is 37.7 Å². The van der Waals surface area contributed by atoms with Gasteiger partial charge in [-0.25, -0.2) is 0 Å². The molecule has 0 aliphatic carbocycles. The van der Waals surface area contributed by atoms with Gasteiger partial charge in [0.05, 0.1) is 0 Å². The summed E-state index contributed by atoms with van der Waals surface area (Å²) in [5.74, 6) is 0.117. The number of benzene rings is 1. The first-order valence-electron chi connectivity index (χ1n) is 6.44. The lowest BCUT2D eigenvalue weighted by Gasteiger charge is -2.05. The van der Waals surface area contributed by atoms with Crippen LogP contribution in [0, 0.1) is 0 Å². The number of ketones is 1. The first-order valence-corrected chi connectivity index (χ1v) is 7.23. The van der Waals surface area contributed by atoms with E-state index in [-0.39, 0.29) is 5.78 Å². The van der Waals surface area contributed by atoms with Crippen molar-refractivity contribution < 1.29 is 4.79 Å². The lowest BCUT2D eigenvalue weighted by molar-refractivity contribution is 0.101. The van der Waals surface area contributed by atoms with E-state index in [9.17, 15) is 4.79 Å². The van der Waals surface area contributed by atoms with Crippen LogP contribution in [-0.2, 0) is 6.42 Å². The number of rotatable bonds is 7. The average molecular weight is 297 g/mol. The van der Waals surface area contributed by atoms with Crippen molar-refractivity contribution in [1.29, 1.82) is 0 Å². The Labute approximate surface area is 113 Å². The minimum absolute atomic E-state index is 0.117. The van der Waals surface area contributed by atoms with E-state index in [1.807, 2.05) is 6.07 Å². The summed E-state index contributed by atoms with van der Waals surface area (Å²) in [6, 6.07) is 6.08. The monoisotopic (exact) mass is 296 g/mol. The van der Waals surface area contributed by atoms with Crippen LogP contribution in [0.4, 0.5) is 0 Å². The molecule has 1 aromatic rings. The maximum absolute atomic E-state index is 11.3. The average Bonchev–Trinajstić information content (AvgIpc) is 2.28. The molecule has 2 heteroatoms. The van der Waals surface area contributed by atoms with Crippen LogP contribution < -0.4 is 0 Å². The third-order valence-electron chi connectivity index (χ3n) is 2.98. The van der Waals surface area contributed by atoms with Crippen molar-refractivity contribution in [2.24, 2.45) is 0 Å². The summed E-state index contributed by atoms with van der Waals surface area (Å²) in [5, 5.41) is 0. The summed E-state index contributed by atoms with van der Waals surface area (Å²) in [6.07, 6.45) is 7.63. The number of unbranched alkanes of at least 4 members (excludes halogenated alkanes) is 4.